The van der Waals surface area contributed by atoms with E-state index >= 15 is 0 Å². The standard InChI is InChI=1S/C17H29N3O/c1-5-20-10-11-21-15(12-20)16(19-18)13-6-8-14(9-7-13)17(2,3)4/h6-9,15-16,19H,5,10-12,18H2,1-4H3. The van der Waals surface area contributed by atoms with Crippen molar-refractivity contribution in [2.45, 2.75) is 45.3 Å². The molecule has 1 fully saturated rings. The van der Waals surface area contributed by atoms with Crippen LogP contribution in [0.2, 0.25) is 0 Å². The Bertz CT molecular complexity index is 438. The van der Waals surface area contributed by atoms with Crippen LogP contribution >= 0.6 is 0 Å². The van der Waals surface area contributed by atoms with Crippen LogP contribution in [0.4, 0.5) is 0 Å². The molecule has 4 heteroatoms. The van der Waals surface area contributed by atoms with Crippen LogP contribution in [0.15, 0.2) is 24.3 Å². The van der Waals surface area contributed by atoms with E-state index in [0.29, 0.717) is 0 Å². The number of morpholine rings is 1. The maximum absolute atomic E-state index is 5.93. The molecule has 21 heavy (non-hydrogen) atoms. The molecule has 0 aliphatic carbocycles. The predicted molar refractivity (Wildman–Crippen MR) is 87.1 cm³/mol. The molecule has 118 valence electrons. The van der Waals surface area contributed by atoms with Crippen molar-refractivity contribution in [2.24, 2.45) is 5.84 Å². The maximum atomic E-state index is 5.93. The molecule has 2 unspecified atom stereocenters. The second-order valence-corrected chi connectivity index (χ2v) is 6.82. The summed E-state index contributed by atoms with van der Waals surface area (Å²) in [6.07, 6.45) is 0.101. The molecule has 3 N–H and O–H groups in total. The zero-order valence-corrected chi connectivity index (χ0v) is 13.7. The lowest BCUT2D eigenvalue weighted by Crippen LogP contribution is -2.49. The van der Waals surface area contributed by atoms with Crippen LogP contribution in [-0.4, -0.2) is 37.2 Å². The van der Waals surface area contributed by atoms with Crippen LogP contribution in [0.25, 0.3) is 0 Å². The van der Waals surface area contributed by atoms with Crippen LogP contribution in [-0.2, 0) is 10.2 Å². The second kappa shape index (κ2) is 6.88. The molecule has 0 bridgehead atoms. The van der Waals surface area contributed by atoms with Crippen LogP contribution in [0.1, 0.15) is 44.9 Å². The van der Waals surface area contributed by atoms with Gasteiger partial charge in [0.15, 0.2) is 0 Å². The van der Waals surface area contributed by atoms with Crippen molar-refractivity contribution in [1.29, 1.82) is 0 Å². The summed E-state index contributed by atoms with van der Waals surface area (Å²) >= 11 is 0. The van der Waals surface area contributed by atoms with Gasteiger partial charge in [0.25, 0.3) is 0 Å². The first-order valence-corrected chi connectivity index (χ1v) is 7.86. The van der Waals surface area contributed by atoms with E-state index in [9.17, 15) is 0 Å². The van der Waals surface area contributed by atoms with Gasteiger partial charge in [-0.25, -0.2) is 0 Å². The van der Waals surface area contributed by atoms with Gasteiger partial charge in [0.1, 0.15) is 0 Å². The lowest BCUT2D eigenvalue weighted by molar-refractivity contribution is -0.0456. The SMILES string of the molecule is CCN1CCOC(C(NN)c2ccc(C(C)(C)C)cc2)C1. The van der Waals surface area contributed by atoms with Gasteiger partial charge < -0.3 is 4.74 Å². The van der Waals surface area contributed by atoms with E-state index in [1.54, 1.807) is 0 Å². The van der Waals surface area contributed by atoms with Crippen molar-refractivity contribution in [1.82, 2.24) is 10.3 Å². The fourth-order valence-electron chi connectivity index (χ4n) is 2.83. The minimum atomic E-state index is 0.0355. The molecule has 0 amide bonds. The number of hydrogen-bond acceptors (Lipinski definition) is 4. The van der Waals surface area contributed by atoms with Crippen molar-refractivity contribution < 1.29 is 4.74 Å². The quantitative estimate of drug-likeness (QED) is 0.660. The number of ether oxygens (including phenoxy) is 1. The Morgan fingerprint density at radius 1 is 1.33 bits per heavy atom. The predicted octanol–water partition coefficient (Wildman–Crippen LogP) is 2.21. The van der Waals surface area contributed by atoms with Crippen molar-refractivity contribution in [3.05, 3.63) is 35.4 Å². The van der Waals surface area contributed by atoms with Crippen LogP contribution in [0, 0.1) is 0 Å². The number of nitrogens with zero attached hydrogens (tertiary/aromatic N) is 1. The molecule has 0 aromatic heterocycles. The zero-order valence-electron chi connectivity index (χ0n) is 13.7. The molecule has 2 rings (SSSR count). The van der Waals surface area contributed by atoms with Gasteiger partial charge in [-0.15, -0.1) is 0 Å². The Kier molecular flexibility index (Phi) is 5.38. The minimum absolute atomic E-state index is 0.0355. The molecule has 2 atom stereocenters. The number of hydrazine groups is 1. The molecule has 0 spiro atoms. The normalized spacial score (nSPS) is 22.2. The number of nitrogens with two attached hydrogens (primary N) is 1. The van der Waals surface area contributed by atoms with Gasteiger partial charge in [-0.1, -0.05) is 52.0 Å². The molecule has 1 aliphatic rings. The third-order valence-electron chi connectivity index (χ3n) is 4.31. The first-order chi connectivity index (χ1) is 9.95. The molecule has 1 saturated heterocycles. The molecule has 1 aromatic carbocycles. The highest BCUT2D eigenvalue weighted by atomic mass is 16.5. The molecule has 0 saturated carbocycles. The van der Waals surface area contributed by atoms with Gasteiger partial charge in [-0.3, -0.25) is 16.2 Å². The highest BCUT2D eigenvalue weighted by molar-refractivity contribution is 5.29. The van der Waals surface area contributed by atoms with Gasteiger partial charge in [-0.2, -0.15) is 0 Å². The molecule has 0 radical (unpaired) electrons. The fourth-order valence-corrected chi connectivity index (χ4v) is 2.83. The van der Waals surface area contributed by atoms with Gasteiger partial charge in [0, 0.05) is 13.1 Å². The highest BCUT2D eigenvalue weighted by Gasteiger charge is 2.28. The third-order valence-corrected chi connectivity index (χ3v) is 4.31. The first kappa shape index (κ1) is 16.4. The van der Waals surface area contributed by atoms with Crippen LogP contribution in [0.3, 0.4) is 0 Å². The lowest BCUT2D eigenvalue weighted by Gasteiger charge is -2.36. The van der Waals surface area contributed by atoms with Gasteiger partial charge in [0.05, 0.1) is 18.8 Å². The zero-order chi connectivity index (χ0) is 15.5. The third kappa shape index (κ3) is 4.04. The van der Waals surface area contributed by atoms with E-state index in [-0.39, 0.29) is 17.6 Å². The van der Waals surface area contributed by atoms with Gasteiger partial charge >= 0.3 is 0 Å². The maximum Gasteiger partial charge on any atom is 0.0909 e. The number of rotatable bonds is 4. The van der Waals surface area contributed by atoms with E-state index in [1.165, 1.54) is 11.1 Å². The Balaban J connectivity index is 2.13. The summed E-state index contributed by atoms with van der Waals surface area (Å²) in [6.45, 7) is 12.6. The number of likely N-dealkylation sites (N-methyl/N-ethyl adjacent to an activating group) is 1. The molecular formula is C17H29N3O. The number of benzene rings is 1. The number of nitrogens with one attached hydrogen (secondary N) is 1. The average Bonchev–Trinajstić information content (AvgIpc) is 2.48. The summed E-state index contributed by atoms with van der Waals surface area (Å²) in [5, 5.41) is 0. The Hall–Kier alpha value is -0.940. The van der Waals surface area contributed by atoms with Crippen molar-refractivity contribution in [3.63, 3.8) is 0 Å². The van der Waals surface area contributed by atoms with Crippen LogP contribution < -0.4 is 11.3 Å². The van der Waals surface area contributed by atoms with E-state index in [1.807, 2.05) is 0 Å². The molecular weight excluding hydrogens is 262 g/mol. The summed E-state index contributed by atoms with van der Waals surface area (Å²) in [5.41, 5.74) is 5.63. The molecule has 1 aromatic rings. The van der Waals surface area contributed by atoms with E-state index in [2.05, 4.69) is 62.3 Å². The van der Waals surface area contributed by atoms with Crippen LogP contribution in [0.5, 0.6) is 0 Å². The van der Waals surface area contributed by atoms with E-state index in [4.69, 9.17) is 10.6 Å². The van der Waals surface area contributed by atoms with Crippen molar-refractivity contribution in [3.8, 4) is 0 Å². The minimum Gasteiger partial charge on any atom is -0.374 e. The molecule has 1 aliphatic heterocycles. The Morgan fingerprint density at radius 2 is 2.00 bits per heavy atom. The first-order valence-electron chi connectivity index (χ1n) is 7.86. The van der Waals surface area contributed by atoms with Gasteiger partial charge in [0.2, 0.25) is 0 Å². The summed E-state index contributed by atoms with van der Waals surface area (Å²) in [4.78, 5) is 2.40. The average molecular weight is 291 g/mol. The summed E-state index contributed by atoms with van der Waals surface area (Å²) in [6, 6.07) is 8.76. The topological polar surface area (TPSA) is 50.5 Å². The van der Waals surface area contributed by atoms with Gasteiger partial charge in [-0.05, 0) is 23.1 Å². The smallest absolute Gasteiger partial charge is 0.0909 e. The Labute approximate surface area is 128 Å². The summed E-state index contributed by atoms with van der Waals surface area (Å²) < 4.78 is 5.93. The lowest BCUT2D eigenvalue weighted by atomic mass is 9.86. The summed E-state index contributed by atoms with van der Waals surface area (Å²) in [5.74, 6) is 5.80. The summed E-state index contributed by atoms with van der Waals surface area (Å²) in [7, 11) is 0. The molecule has 1 heterocycles. The fraction of sp³-hybridized carbons (Fsp3) is 0.647. The molecule has 4 nitrogen and oxygen atoms in total. The van der Waals surface area contributed by atoms with Crippen molar-refractivity contribution in [2.75, 3.05) is 26.2 Å². The largest absolute Gasteiger partial charge is 0.374 e. The second-order valence-electron chi connectivity index (χ2n) is 6.82. The highest BCUT2D eigenvalue weighted by Crippen LogP contribution is 2.26. The Morgan fingerprint density at radius 3 is 2.52 bits per heavy atom. The van der Waals surface area contributed by atoms with Crippen molar-refractivity contribution >= 4 is 0 Å². The van der Waals surface area contributed by atoms with E-state index < -0.39 is 0 Å². The monoisotopic (exact) mass is 291 g/mol. The van der Waals surface area contributed by atoms with E-state index in [0.717, 1.165) is 26.2 Å². The number of hydrogen-bond donors (Lipinski definition) is 2.